The number of benzene rings is 1. The normalized spacial score (nSPS) is 18.9. The van der Waals surface area contributed by atoms with Crippen LogP contribution >= 0.6 is 11.6 Å². The molecule has 20 heavy (non-hydrogen) atoms. The molecule has 1 aliphatic heterocycles. The van der Waals surface area contributed by atoms with Crippen LogP contribution in [0, 0.1) is 6.92 Å². The van der Waals surface area contributed by atoms with Crippen molar-refractivity contribution in [3.63, 3.8) is 0 Å². The Morgan fingerprint density at radius 3 is 2.90 bits per heavy atom. The van der Waals surface area contributed by atoms with E-state index in [0.717, 1.165) is 35.2 Å². The third kappa shape index (κ3) is 2.31. The first-order chi connectivity index (χ1) is 9.54. The molecule has 1 fully saturated rings. The number of amides is 1. The Balaban J connectivity index is 1.94. The predicted molar refractivity (Wildman–Crippen MR) is 81.2 cm³/mol. The van der Waals surface area contributed by atoms with Gasteiger partial charge in [0.1, 0.15) is 11.9 Å². The van der Waals surface area contributed by atoms with E-state index in [1.165, 1.54) is 0 Å². The molecule has 0 bridgehead atoms. The summed E-state index contributed by atoms with van der Waals surface area (Å²) in [6.07, 6.45) is 0.809. The van der Waals surface area contributed by atoms with E-state index in [0.29, 0.717) is 5.02 Å². The Morgan fingerprint density at radius 1 is 1.40 bits per heavy atom. The summed E-state index contributed by atoms with van der Waals surface area (Å²) in [5, 5.41) is 4.97. The number of rotatable bonds is 2. The lowest BCUT2D eigenvalue weighted by Gasteiger charge is -2.14. The molecule has 4 nitrogen and oxygen atoms in total. The van der Waals surface area contributed by atoms with Crippen LogP contribution in [-0.4, -0.2) is 35.4 Å². The van der Waals surface area contributed by atoms with E-state index < -0.39 is 0 Å². The maximum atomic E-state index is 11.9. The average molecular weight is 290 g/mol. The van der Waals surface area contributed by atoms with Gasteiger partial charge in [-0.2, -0.15) is 0 Å². The van der Waals surface area contributed by atoms with Crippen molar-refractivity contribution >= 4 is 34.2 Å². The number of likely N-dealkylation sites (N-methyl/N-ethyl adjacent to an activating group) is 1. The topological polar surface area (TPSA) is 45.2 Å². The molecule has 0 unspecified atom stereocenters. The molecule has 0 spiro atoms. The standard InChI is InChI=1S/C15H16ClN3O/c1-9-7-14(17-12-5-6-19(2)15(12)20)18-13-8-10(16)3-4-11(9)13/h3-4,7-8,12H,5-6H2,1-2H3,(H,17,18)/t12-/m0/s1. The number of nitrogens with zero attached hydrogens (tertiary/aromatic N) is 2. The highest BCUT2D eigenvalue weighted by molar-refractivity contribution is 6.31. The molecular weight excluding hydrogens is 274 g/mol. The Morgan fingerprint density at radius 2 is 2.20 bits per heavy atom. The van der Waals surface area contributed by atoms with Crippen LogP contribution in [0.25, 0.3) is 10.9 Å². The molecule has 0 saturated carbocycles. The lowest BCUT2D eigenvalue weighted by Crippen LogP contribution is -2.31. The van der Waals surface area contributed by atoms with E-state index >= 15 is 0 Å². The first kappa shape index (κ1) is 13.2. The SMILES string of the molecule is Cc1cc(N[C@H]2CCN(C)C2=O)nc2cc(Cl)ccc12. The highest BCUT2D eigenvalue weighted by Crippen LogP contribution is 2.24. The van der Waals surface area contributed by atoms with Crippen molar-refractivity contribution < 1.29 is 4.79 Å². The molecule has 1 aromatic heterocycles. The first-order valence-corrected chi connectivity index (χ1v) is 7.01. The number of anilines is 1. The van der Waals surface area contributed by atoms with E-state index in [4.69, 9.17) is 11.6 Å². The monoisotopic (exact) mass is 289 g/mol. The molecule has 1 N–H and O–H groups in total. The summed E-state index contributed by atoms with van der Waals surface area (Å²) in [6.45, 7) is 2.82. The van der Waals surface area contributed by atoms with Gasteiger partial charge < -0.3 is 10.2 Å². The van der Waals surface area contributed by atoms with Crippen molar-refractivity contribution in [1.29, 1.82) is 0 Å². The van der Waals surface area contributed by atoms with Crippen LogP contribution in [-0.2, 0) is 4.79 Å². The minimum Gasteiger partial charge on any atom is -0.358 e. The molecule has 3 rings (SSSR count). The minimum absolute atomic E-state index is 0.121. The molecule has 1 amide bonds. The van der Waals surface area contributed by atoms with Gasteiger partial charge in [0.25, 0.3) is 0 Å². The summed E-state index contributed by atoms with van der Waals surface area (Å²) in [6, 6.07) is 7.47. The van der Waals surface area contributed by atoms with Gasteiger partial charge in [-0.25, -0.2) is 4.98 Å². The highest BCUT2D eigenvalue weighted by atomic mass is 35.5. The van der Waals surface area contributed by atoms with Crippen molar-refractivity contribution in [3.8, 4) is 0 Å². The summed E-state index contributed by atoms with van der Waals surface area (Å²) < 4.78 is 0. The molecule has 0 radical (unpaired) electrons. The van der Waals surface area contributed by atoms with Crippen LogP contribution in [0.5, 0.6) is 0 Å². The lowest BCUT2D eigenvalue weighted by atomic mass is 10.1. The summed E-state index contributed by atoms with van der Waals surface area (Å²) >= 11 is 6.01. The van der Waals surface area contributed by atoms with Crippen LogP contribution in [0.15, 0.2) is 24.3 Å². The number of aryl methyl sites for hydroxylation is 1. The average Bonchev–Trinajstić information content (AvgIpc) is 2.70. The molecule has 104 valence electrons. The largest absolute Gasteiger partial charge is 0.358 e. The van der Waals surface area contributed by atoms with Gasteiger partial charge in [-0.15, -0.1) is 0 Å². The number of carbonyl (C=O) groups excluding carboxylic acids is 1. The summed E-state index contributed by atoms with van der Waals surface area (Å²) in [4.78, 5) is 18.2. The van der Waals surface area contributed by atoms with E-state index in [2.05, 4.69) is 10.3 Å². The second kappa shape index (κ2) is 4.94. The highest BCUT2D eigenvalue weighted by Gasteiger charge is 2.29. The van der Waals surface area contributed by atoms with Gasteiger partial charge in [0.2, 0.25) is 5.91 Å². The molecule has 0 aliphatic carbocycles. The fourth-order valence-corrected chi connectivity index (χ4v) is 2.75. The molecule has 2 aromatic rings. The zero-order chi connectivity index (χ0) is 14.3. The number of hydrogen-bond acceptors (Lipinski definition) is 3. The number of halogens is 1. The van der Waals surface area contributed by atoms with Gasteiger partial charge >= 0.3 is 0 Å². The van der Waals surface area contributed by atoms with Gasteiger partial charge in [-0.1, -0.05) is 17.7 Å². The number of likely N-dealkylation sites (tertiary alicyclic amines) is 1. The van der Waals surface area contributed by atoms with Crippen molar-refractivity contribution in [2.24, 2.45) is 0 Å². The quantitative estimate of drug-likeness (QED) is 0.925. The lowest BCUT2D eigenvalue weighted by molar-refractivity contribution is -0.127. The molecule has 5 heteroatoms. The summed E-state index contributed by atoms with van der Waals surface area (Å²) in [5.74, 6) is 0.849. The summed E-state index contributed by atoms with van der Waals surface area (Å²) in [5.41, 5.74) is 1.96. The maximum absolute atomic E-state index is 11.9. The second-order valence-electron chi connectivity index (χ2n) is 5.23. The Hall–Kier alpha value is -1.81. The smallest absolute Gasteiger partial charge is 0.244 e. The van der Waals surface area contributed by atoms with Crippen LogP contribution in [0.1, 0.15) is 12.0 Å². The van der Waals surface area contributed by atoms with Crippen molar-refractivity contribution in [1.82, 2.24) is 9.88 Å². The third-order valence-electron chi connectivity index (χ3n) is 3.73. The Kier molecular flexibility index (Phi) is 3.26. The van der Waals surface area contributed by atoms with Gasteiger partial charge in [0.15, 0.2) is 0 Å². The van der Waals surface area contributed by atoms with Gasteiger partial charge in [-0.05, 0) is 37.1 Å². The fourth-order valence-electron chi connectivity index (χ4n) is 2.58. The van der Waals surface area contributed by atoms with Gasteiger partial charge in [0.05, 0.1) is 5.52 Å². The van der Waals surface area contributed by atoms with Crippen molar-refractivity contribution in [2.45, 2.75) is 19.4 Å². The maximum Gasteiger partial charge on any atom is 0.244 e. The molecular formula is C15H16ClN3O. The molecule has 1 aromatic carbocycles. The Bertz CT molecular complexity index is 686. The van der Waals surface area contributed by atoms with Crippen molar-refractivity contribution in [2.75, 3.05) is 18.9 Å². The van der Waals surface area contributed by atoms with Gasteiger partial charge in [0, 0.05) is 24.0 Å². The number of hydrogen-bond donors (Lipinski definition) is 1. The molecule has 1 atom stereocenters. The number of pyridine rings is 1. The third-order valence-corrected chi connectivity index (χ3v) is 3.96. The van der Waals surface area contributed by atoms with Crippen LogP contribution in [0.3, 0.4) is 0 Å². The van der Waals surface area contributed by atoms with Crippen molar-refractivity contribution in [3.05, 3.63) is 34.9 Å². The summed E-state index contributed by atoms with van der Waals surface area (Å²) in [7, 11) is 1.82. The zero-order valence-corrected chi connectivity index (χ0v) is 12.2. The van der Waals surface area contributed by atoms with E-state index in [1.807, 2.05) is 38.2 Å². The van der Waals surface area contributed by atoms with E-state index in [9.17, 15) is 4.79 Å². The van der Waals surface area contributed by atoms with Crippen LogP contribution < -0.4 is 5.32 Å². The van der Waals surface area contributed by atoms with Gasteiger partial charge in [-0.3, -0.25) is 4.79 Å². The molecule has 2 heterocycles. The van der Waals surface area contributed by atoms with Crippen LogP contribution in [0.2, 0.25) is 5.02 Å². The molecule has 1 aliphatic rings. The number of carbonyl (C=O) groups is 1. The number of fused-ring (bicyclic) bond motifs is 1. The second-order valence-corrected chi connectivity index (χ2v) is 5.67. The van der Waals surface area contributed by atoms with Crippen LogP contribution in [0.4, 0.5) is 5.82 Å². The predicted octanol–water partition coefficient (Wildman–Crippen LogP) is 2.84. The Labute approximate surface area is 122 Å². The molecule has 1 saturated heterocycles. The van der Waals surface area contributed by atoms with E-state index in [1.54, 1.807) is 4.90 Å². The number of aromatic nitrogens is 1. The fraction of sp³-hybridized carbons (Fsp3) is 0.333. The first-order valence-electron chi connectivity index (χ1n) is 6.63. The minimum atomic E-state index is -0.177. The number of nitrogens with one attached hydrogen (secondary N) is 1. The van der Waals surface area contributed by atoms with E-state index in [-0.39, 0.29) is 11.9 Å². The zero-order valence-electron chi connectivity index (χ0n) is 11.5.